The van der Waals surface area contributed by atoms with Crippen molar-refractivity contribution in [2.24, 2.45) is 11.3 Å². The topological polar surface area (TPSA) is 50.4 Å². The predicted octanol–water partition coefficient (Wildman–Crippen LogP) is 2.51. The van der Waals surface area contributed by atoms with Crippen LogP contribution in [-0.4, -0.2) is 26.1 Å². The Labute approximate surface area is 138 Å². The second kappa shape index (κ2) is 7.34. The van der Waals surface area contributed by atoms with E-state index in [-0.39, 0.29) is 23.7 Å². The SMILES string of the molecule is COc1ccccc1CNC(=O)[C@@]12CCCC[C@H]1CNC2.Cl. The number of para-hydroxylation sites is 1. The molecule has 2 aliphatic rings. The first-order chi connectivity index (χ1) is 10.3. The van der Waals surface area contributed by atoms with E-state index < -0.39 is 0 Å². The molecule has 1 heterocycles. The highest BCUT2D eigenvalue weighted by Gasteiger charge is 2.49. The zero-order valence-corrected chi connectivity index (χ0v) is 13.9. The van der Waals surface area contributed by atoms with Gasteiger partial charge in [-0.2, -0.15) is 0 Å². The summed E-state index contributed by atoms with van der Waals surface area (Å²) in [6.07, 6.45) is 4.62. The molecule has 1 aromatic carbocycles. The van der Waals surface area contributed by atoms with Gasteiger partial charge in [-0.3, -0.25) is 4.79 Å². The Morgan fingerprint density at radius 2 is 2.23 bits per heavy atom. The van der Waals surface area contributed by atoms with Gasteiger partial charge in [0.05, 0.1) is 12.5 Å². The largest absolute Gasteiger partial charge is 0.496 e. The lowest BCUT2D eigenvalue weighted by atomic mass is 9.67. The number of hydrogen-bond donors (Lipinski definition) is 2. The van der Waals surface area contributed by atoms with E-state index in [9.17, 15) is 4.79 Å². The zero-order chi connectivity index (χ0) is 14.7. The first-order valence-corrected chi connectivity index (χ1v) is 7.87. The van der Waals surface area contributed by atoms with Crippen LogP contribution in [0, 0.1) is 11.3 Å². The molecule has 2 N–H and O–H groups in total. The molecular formula is C17H25ClN2O2. The summed E-state index contributed by atoms with van der Waals surface area (Å²) in [6.45, 7) is 2.36. The van der Waals surface area contributed by atoms with E-state index >= 15 is 0 Å². The molecule has 0 bridgehead atoms. The Kier molecular flexibility index (Phi) is 5.70. The van der Waals surface area contributed by atoms with Gasteiger partial charge < -0.3 is 15.4 Å². The van der Waals surface area contributed by atoms with Crippen LogP contribution in [0.1, 0.15) is 31.2 Å². The molecule has 1 aliphatic heterocycles. The molecule has 1 saturated carbocycles. The van der Waals surface area contributed by atoms with Gasteiger partial charge in [0.2, 0.25) is 5.91 Å². The van der Waals surface area contributed by atoms with Crippen molar-refractivity contribution in [3.63, 3.8) is 0 Å². The Balaban J connectivity index is 0.00000176. The molecule has 2 fully saturated rings. The fourth-order valence-electron chi connectivity index (χ4n) is 3.89. The average Bonchev–Trinajstić information content (AvgIpc) is 2.98. The standard InChI is InChI=1S/C17H24N2O2.ClH/c1-21-15-8-3-2-6-13(15)10-19-16(20)17-9-5-4-7-14(17)11-18-12-17;/h2-3,6,8,14,18H,4-5,7,9-12H2,1H3,(H,19,20);1H/t14-,17+;/m0./s1. The Morgan fingerprint density at radius 1 is 1.41 bits per heavy atom. The molecule has 1 amide bonds. The summed E-state index contributed by atoms with van der Waals surface area (Å²) in [7, 11) is 1.66. The van der Waals surface area contributed by atoms with E-state index in [4.69, 9.17) is 4.74 Å². The van der Waals surface area contributed by atoms with Crippen LogP contribution in [0.25, 0.3) is 0 Å². The number of carbonyl (C=O) groups is 1. The van der Waals surface area contributed by atoms with Crippen molar-refractivity contribution in [3.8, 4) is 5.75 Å². The molecule has 122 valence electrons. The predicted molar refractivity (Wildman–Crippen MR) is 89.3 cm³/mol. The molecular weight excluding hydrogens is 300 g/mol. The van der Waals surface area contributed by atoms with E-state index in [0.717, 1.165) is 30.8 Å². The lowest BCUT2D eigenvalue weighted by molar-refractivity contribution is -0.134. The molecule has 5 heteroatoms. The molecule has 4 nitrogen and oxygen atoms in total. The van der Waals surface area contributed by atoms with E-state index in [1.165, 1.54) is 19.3 Å². The number of hydrogen-bond acceptors (Lipinski definition) is 3. The third-order valence-electron chi connectivity index (χ3n) is 5.12. The molecule has 0 radical (unpaired) electrons. The van der Waals surface area contributed by atoms with Gasteiger partial charge in [0.15, 0.2) is 0 Å². The summed E-state index contributed by atoms with van der Waals surface area (Å²) < 4.78 is 5.34. The Bertz CT molecular complexity index is 523. The first-order valence-electron chi connectivity index (χ1n) is 7.87. The van der Waals surface area contributed by atoms with Crippen LogP contribution >= 0.6 is 12.4 Å². The minimum absolute atomic E-state index is 0. The zero-order valence-electron chi connectivity index (χ0n) is 13.1. The normalized spacial score (nSPS) is 26.7. The van der Waals surface area contributed by atoms with Gasteiger partial charge in [-0.05, 0) is 31.4 Å². The van der Waals surface area contributed by atoms with Crippen molar-refractivity contribution in [1.82, 2.24) is 10.6 Å². The van der Waals surface area contributed by atoms with E-state index in [2.05, 4.69) is 10.6 Å². The number of ether oxygens (including phenoxy) is 1. The van der Waals surface area contributed by atoms with Crippen molar-refractivity contribution in [1.29, 1.82) is 0 Å². The number of amides is 1. The summed E-state index contributed by atoms with van der Waals surface area (Å²) >= 11 is 0. The van der Waals surface area contributed by atoms with Crippen molar-refractivity contribution in [2.75, 3.05) is 20.2 Å². The summed E-state index contributed by atoms with van der Waals surface area (Å²) in [5, 5.41) is 6.57. The van der Waals surface area contributed by atoms with E-state index in [0.29, 0.717) is 12.5 Å². The summed E-state index contributed by atoms with van der Waals surface area (Å²) in [5.41, 5.74) is 0.850. The van der Waals surface area contributed by atoms with E-state index in [1.807, 2.05) is 24.3 Å². The third kappa shape index (κ3) is 3.08. The van der Waals surface area contributed by atoms with E-state index in [1.54, 1.807) is 7.11 Å². The highest BCUT2D eigenvalue weighted by atomic mass is 35.5. The van der Waals surface area contributed by atoms with Crippen LogP contribution in [0.3, 0.4) is 0 Å². The maximum absolute atomic E-state index is 12.8. The number of methoxy groups -OCH3 is 1. The van der Waals surface area contributed by atoms with Crippen LogP contribution in [-0.2, 0) is 11.3 Å². The van der Waals surface area contributed by atoms with Gasteiger partial charge in [0, 0.05) is 18.7 Å². The second-order valence-electron chi connectivity index (χ2n) is 6.22. The third-order valence-corrected chi connectivity index (χ3v) is 5.12. The van der Waals surface area contributed by atoms with Gasteiger partial charge in [-0.1, -0.05) is 31.0 Å². The van der Waals surface area contributed by atoms with Crippen LogP contribution in [0.4, 0.5) is 0 Å². The monoisotopic (exact) mass is 324 g/mol. The minimum Gasteiger partial charge on any atom is -0.496 e. The summed E-state index contributed by atoms with van der Waals surface area (Å²) in [4.78, 5) is 12.8. The van der Waals surface area contributed by atoms with Gasteiger partial charge in [0.1, 0.15) is 5.75 Å². The molecule has 22 heavy (non-hydrogen) atoms. The van der Waals surface area contributed by atoms with Crippen LogP contribution in [0.5, 0.6) is 5.75 Å². The van der Waals surface area contributed by atoms with Gasteiger partial charge in [0.25, 0.3) is 0 Å². The van der Waals surface area contributed by atoms with Gasteiger partial charge in [-0.25, -0.2) is 0 Å². The number of fused-ring (bicyclic) bond motifs is 1. The number of halogens is 1. The highest BCUT2D eigenvalue weighted by Crippen LogP contribution is 2.43. The number of carbonyl (C=O) groups excluding carboxylic acids is 1. The molecule has 0 aromatic heterocycles. The lowest BCUT2D eigenvalue weighted by Gasteiger charge is -2.37. The molecule has 1 aliphatic carbocycles. The number of nitrogens with one attached hydrogen (secondary N) is 2. The van der Waals surface area contributed by atoms with Crippen molar-refractivity contribution < 1.29 is 9.53 Å². The fraction of sp³-hybridized carbons (Fsp3) is 0.588. The quantitative estimate of drug-likeness (QED) is 0.894. The summed E-state index contributed by atoms with van der Waals surface area (Å²) in [5.74, 6) is 1.55. The maximum Gasteiger partial charge on any atom is 0.228 e. The minimum atomic E-state index is -0.180. The first kappa shape index (κ1) is 17.1. The Morgan fingerprint density at radius 3 is 3.05 bits per heavy atom. The van der Waals surface area contributed by atoms with Crippen LogP contribution in [0.15, 0.2) is 24.3 Å². The molecule has 1 aromatic rings. The fourth-order valence-corrected chi connectivity index (χ4v) is 3.89. The van der Waals surface area contributed by atoms with Gasteiger partial charge >= 0.3 is 0 Å². The van der Waals surface area contributed by atoms with Crippen LogP contribution in [0.2, 0.25) is 0 Å². The van der Waals surface area contributed by atoms with Crippen molar-refractivity contribution >= 4 is 18.3 Å². The molecule has 2 atom stereocenters. The summed E-state index contributed by atoms with van der Waals surface area (Å²) in [6, 6.07) is 7.85. The molecule has 0 unspecified atom stereocenters. The van der Waals surface area contributed by atoms with Crippen molar-refractivity contribution in [2.45, 2.75) is 32.2 Å². The highest BCUT2D eigenvalue weighted by molar-refractivity contribution is 5.85. The maximum atomic E-state index is 12.8. The van der Waals surface area contributed by atoms with Crippen LogP contribution < -0.4 is 15.4 Å². The average molecular weight is 325 g/mol. The number of benzene rings is 1. The Hall–Kier alpha value is -1.26. The van der Waals surface area contributed by atoms with Gasteiger partial charge in [-0.15, -0.1) is 12.4 Å². The second-order valence-corrected chi connectivity index (χ2v) is 6.22. The molecule has 0 spiro atoms. The molecule has 3 rings (SSSR count). The molecule has 1 saturated heterocycles. The smallest absolute Gasteiger partial charge is 0.228 e. The lowest BCUT2D eigenvalue weighted by Crippen LogP contribution is -2.47. The van der Waals surface area contributed by atoms with Crippen molar-refractivity contribution in [3.05, 3.63) is 29.8 Å². The number of rotatable bonds is 4.